The van der Waals surface area contributed by atoms with E-state index in [2.05, 4.69) is 10.2 Å². The van der Waals surface area contributed by atoms with Gasteiger partial charge >= 0.3 is 0 Å². The van der Waals surface area contributed by atoms with Crippen molar-refractivity contribution >= 4 is 0 Å². The molecule has 0 aromatic rings. The second-order valence-corrected chi connectivity index (χ2v) is 8.29. The normalized spacial score (nSPS) is 28.9. The Morgan fingerprint density at radius 3 is 2.56 bits per heavy atom. The number of likely N-dealkylation sites (tertiary alicyclic amines) is 1. The third kappa shape index (κ3) is 5.90. The Kier molecular flexibility index (Phi) is 7.99. The van der Waals surface area contributed by atoms with E-state index in [4.69, 9.17) is 9.47 Å². The number of piperidine rings is 1. The summed E-state index contributed by atoms with van der Waals surface area (Å²) in [5, 5.41) is 13.8. The van der Waals surface area contributed by atoms with Gasteiger partial charge in [-0.05, 0) is 51.6 Å². The summed E-state index contributed by atoms with van der Waals surface area (Å²) in [6.45, 7) is 6.04. The Morgan fingerprint density at radius 1 is 1.08 bits per heavy atom. The van der Waals surface area contributed by atoms with Crippen molar-refractivity contribution < 1.29 is 14.6 Å². The van der Waals surface area contributed by atoms with Crippen LogP contribution in [-0.2, 0) is 9.47 Å². The molecule has 2 heterocycles. The predicted molar refractivity (Wildman–Crippen MR) is 99.9 cm³/mol. The van der Waals surface area contributed by atoms with Gasteiger partial charge in [0.1, 0.15) is 0 Å². The van der Waals surface area contributed by atoms with Crippen molar-refractivity contribution in [2.24, 2.45) is 0 Å². The van der Waals surface area contributed by atoms with Gasteiger partial charge < -0.3 is 19.9 Å². The van der Waals surface area contributed by atoms with E-state index in [0.717, 1.165) is 26.0 Å². The van der Waals surface area contributed by atoms with E-state index in [-0.39, 0.29) is 6.10 Å². The molecule has 3 aliphatic rings. The zero-order chi connectivity index (χ0) is 17.4. The molecule has 1 aliphatic carbocycles. The van der Waals surface area contributed by atoms with Crippen molar-refractivity contribution in [1.82, 2.24) is 10.2 Å². The molecule has 1 saturated carbocycles. The van der Waals surface area contributed by atoms with Crippen LogP contribution >= 0.6 is 0 Å². The summed E-state index contributed by atoms with van der Waals surface area (Å²) >= 11 is 0. The molecule has 2 saturated heterocycles. The molecule has 0 bridgehead atoms. The first-order chi connectivity index (χ1) is 12.3. The van der Waals surface area contributed by atoms with Crippen LogP contribution in [0.25, 0.3) is 0 Å². The van der Waals surface area contributed by atoms with Gasteiger partial charge in [0.2, 0.25) is 0 Å². The standard InChI is InChI=1S/C20H38N2O3/c23-18(15-24-16-19-8-7-13-25-19)14-21-17-20(9-3-1-4-10-20)22-11-5-2-6-12-22/h18-19,21,23H,1-17H2/t18-,19-/m0/s1. The lowest BCUT2D eigenvalue weighted by Gasteiger charge is -2.48. The van der Waals surface area contributed by atoms with E-state index in [1.165, 1.54) is 64.5 Å². The minimum Gasteiger partial charge on any atom is -0.389 e. The summed E-state index contributed by atoms with van der Waals surface area (Å²) in [6, 6.07) is 0. The van der Waals surface area contributed by atoms with E-state index in [1.54, 1.807) is 0 Å². The maximum Gasteiger partial charge on any atom is 0.0897 e. The lowest BCUT2D eigenvalue weighted by molar-refractivity contribution is -0.0186. The minimum atomic E-state index is -0.427. The summed E-state index contributed by atoms with van der Waals surface area (Å²) in [5.41, 5.74) is 0.330. The molecular weight excluding hydrogens is 316 g/mol. The average Bonchev–Trinajstić information content (AvgIpc) is 3.17. The average molecular weight is 355 g/mol. The Hall–Kier alpha value is -0.200. The first-order valence-electron chi connectivity index (χ1n) is 10.6. The molecule has 2 atom stereocenters. The number of hydrogen-bond acceptors (Lipinski definition) is 5. The second-order valence-electron chi connectivity index (χ2n) is 8.29. The van der Waals surface area contributed by atoms with Crippen LogP contribution in [0.5, 0.6) is 0 Å². The van der Waals surface area contributed by atoms with Gasteiger partial charge in [-0.15, -0.1) is 0 Å². The second kappa shape index (κ2) is 10.2. The molecule has 0 aromatic carbocycles. The summed E-state index contributed by atoms with van der Waals surface area (Å²) in [5.74, 6) is 0. The lowest BCUT2D eigenvalue weighted by atomic mass is 9.79. The first-order valence-corrected chi connectivity index (χ1v) is 10.6. The van der Waals surface area contributed by atoms with Crippen LogP contribution in [0.4, 0.5) is 0 Å². The molecule has 5 heteroatoms. The van der Waals surface area contributed by atoms with Crippen LogP contribution in [0.3, 0.4) is 0 Å². The van der Waals surface area contributed by atoms with E-state index >= 15 is 0 Å². The van der Waals surface area contributed by atoms with Gasteiger partial charge in [-0.3, -0.25) is 4.90 Å². The number of aliphatic hydroxyl groups is 1. The highest BCUT2D eigenvalue weighted by Gasteiger charge is 2.37. The molecule has 25 heavy (non-hydrogen) atoms. The van der Waals surface area contributed by atoms with Gasteiger partial charge in [0.15, 0.2) is 0 Å². The van der Waals surface area contributed by atoms with Crippen molar-refractivity contribution in [3.8, 4) is 0 Å². The highest BCUT2D eigenvalue weighted by molar-refractivity contribution is 4.96. The first kappa shape index (κ1) is 19.6. The number of hydrogen-bond donors (Lipinski definition) is 2. The summed E-state index contributed by atoms with van der Waals surface area (Å²) < 4.78 is 11.2. The number of rotatable bonds is 9. The number of aliphatic hydroxyl groups excluding tert-OH is 1. The lowest BCUT2D eigenvalue weighted by Crippen LogP contribution is -2.58. The summed E-state index contributed by atoms with van der Waals surface area (Å²) in [6.07, 6.45) is 12.8. The van der Waals surface area contributed by atoms with E-state index < -0.39 is 6.10 Å². The van der Waals surface area contributed by atoms with Crippen molar-refractivity contribution in [1.29, 1.82) is 0 Å². The number of nitrogens with one attached hydrogen (secondary N) is 1. The van der Waals surface area contributed by atoms with Crippen LogP contribution in [0.15, 0.2) is 0 Å². The molecule has 2 N–H and O–H groups in total. The molecule has 3 rings (SSSR count). The van der Waals surface area contributed by atoms with Crippen molar-refractivity contribution in [3.05, 3.63) is 0 Å². The van der Waals surface area contributed by atoms with Gasteiger partial charge in [0.25, 0.3) is 0 Å². The molecule has 0 aromatic heterocycles. The number of nitrogens with zero attached hydrogens (tertiary/aromatic N) is 1. The van der Waals surface area contributed by atoms with Crippen LogP contribution in [0.2, 0.25) is 0 Å². The highest BCUT2D eigenvalue weighted by atomic mass is 16.5. The molecular formula is C20H38N2O3. The SMILES string of the molecule is O[C@@H](CNCC1(N2CCCCC2)CCCCC1)COC[C@@H]1CCCO1. The molecule has 0 spiro atoms. The van der Waals surface area contributed by atoms with Gasteiger partial charge in [0, 0.05) is 25.2 Å². The van der Waals surface area contributed by atoms with Crippen LogP contribution in [0.1, 0.15) is 64.2 Å². The van der Waals surface area contributed by atoms with Gasteiger partial charge in [0.05, 0.1) is 25.4 Å². The topological polar surface area (TPSA) is 54.0 Å². The van der Waals surface area contributed by atoms with E-state index in [0.29, 0.717) is 25.3 Å². The monoisotopic (exact) mass is 354 g/mol. The largest absolute Gasteiger partial charge is 0.389 e. The molecule has 5 nitrogen and oxygen atoms in total. The minimum absolute atomic E-state index is 0.241. The molecule has 0 amide bonds. The zero-order valence-electron chi connectivity index (χ0n) is 15.9. The maximum absolute atomic E-state index is 10.2. The van der Waals surface area contributed by atoms with Crippen LogP contribution < -0.4 is 5.32 Å². The Morgan fingerprint density at radius 2 is 1.84 bits per heavy atom. The molecule has 3 fully saturated rings. The Bertz CT molecular complexity index is 362. The Labute approximate surface area is 153 Å². The maximum atomic E-state index is 10.2. The molecule has 146 valence electrons. The third-order valence-electron chi connectivity index (χ3n) is 6.28. The van der Waals surface area contributed by atoms with E-state index in [1.807, 2.05) is 0 Å². The van der Waals surface area contributed by atoms with Crippen LogP contribution in [0, 0.1) is 0 Å². The zero-order valence-corrected chi connectivity index (χ0v) is 15.9. The van der Waals surface area contributed by atoms with Crippen molar-refractivity contribution in [2.75, 3.05) is 46.0 Å². The number of ether oxygens (including phenoxy) is 2. The van der Waals surface area contributed by atoms with Gasteiger partial charge in [-0.25, -0.2) is 0 Å². The predicted octanol–water partition coefficient (Wildman–Crippen LogP) is 2.32. The van der Waals surface area contributed by atoms with Crippen molar-refractivity contribution in [2.45, 2.75) is 82.0 Å². The third-order valence-corrected chi connectivity index (χ3v) is 6.28. The van der Waals surface area contributed by atoms with Crippen LogP contribution in [-0.4, -0.2) is 73.8 Å². The molecule has 2 aliphatic heterocycles. The summed E-state index contributed by atoms with van der Waals surface area (Å²) in [4.78, 5) is 2.75. The fourth-order valence-electron chi connectivity index (χ4n) is 4.82. The van der Waals surface area contributed by atoms with Gasteiger partial charge in [-0.1, -0.05) is 25.7 Å². The Balaban J connectivity index is 1.36. The smallest absolute Gasteiger partial charge is 0.0897 e. The van der Waals surface area contributed by atoms with Crippen molar-refractivity contribution in [3.63, 3.8) is 0 Å². The van der Waals surface area contributed by atoms with Gasteiger partial charge in [-0.2, -0.15) is 0 Å². The molecule has 0 radical (unpaired) electrons. The summed E-state index contributed by atoms with van der Waals surface area (Å²) in [7, 11) is 0. The fraction of sp³-hybridized carbons (Fsp3) is 1.00. The highest BCUT2D eigenvalue weighted by Crippen LogP contribution is 2.35. The molecule has 0 unspecified atom stereocenters. The fourth-order valence-corrected chi connectivity index (χ4v) is 4.82. The quantitative estimate of drug-likeness (QED) is 0.665. The van der Waals surface area contributed by atoms with E-state index in [9.17, 15) is 5.11 Å².